The van der Waals surface area contributed by atoms with Gasteiger partial charge in [-0.25, -0.2) is 0 Å². The molecular weight excluding hydrogens is 280 g/mol. The first kappa shape index (κ1) is 16.2. The minimum absolute atomic E-state index is 0.134. The van der Waals surface area contributed by atoms with Gasteiger partial charge in [0.1, 0.15) is 0 Å². The number of nitrogens with one attached hydrogen (secondary N) is 1. The number of para-hydroxylation sites is 1. The molecule has 0 aromatic heterocycles. The van der Waals surface area contributed by atoms with Gasteiger partial charge in [-0.2, -0.15) is 0 Å². The second-order valence-corrected chi connectivity index (χ2v) is 8.43. The number of benzene rings is 1. The number of anilines is 1. The molecule has 116 valence electrons. The number of rotatable bonds is 5. The van der Waals surface area contributed by atoms with Gasteiger partial charge < -0.3 is 10.2 Å². The fourth-order valence-electron chi connectivity index (χ4n) is 2.53. The van der Waals surface area contributed by atoms with Crippen molar-refractivity contribution in [2.75, 3.05) is 23.7 Å². The second kappa shape index (κ2) is 6.73. The molecule has 0 aliphatic carbocycles. The molecule has 0 radical (unpaired) electrons. The molecule has 0 fully saturated rings. The van der Waals surface area contributed by atoms with E-state index in [0.717, 1.165) is 13.0 Å². The topological polar surface area (TPSA) is 32.3 Å². The Balaban J connectivity index is 1.81. The third kappa shape index (κ3) is 4.67. The second-order valence-electron chi connectivity index (χ2n) is 6.63. The Bertz CT molecular complexity index is 496. The summed E-state index contributed by atoms with van der Waals surface area (Å²) < 4.78 is 0.136. The van der Waals surface area contributed by atoms with Crippen LogP contribution in [-0.2, 0) is 11.2 Å². The Hall–Kier alpha value is -1.16. The summed E-state index contributed by atoms with van der Waals surface area (Å²) in [5.41, 5.74) is 2.74. The molecule has 1 aromatic carbocycles. The van der Waals surface area contributed by atoms with Crippen LogP contribution in [0.15, 0.2) is 24.3 Å². The van der Waals surface area contributed by atoms with Crippen LogP contribution in [-0.4, -0.2) is 35.5 Å². The summed E-state index contributed by atoms with van der Waals surface area (Å²) in [5.74, 6) is 0.668. The molecule has 1 atom stereocenters. The van der Waals surface area contributed by atoms with Crippen LogP contribution in [0.5, 0.6) is 0 Å². The monoisotopic (exact) mass is 306 g/mol. The molecule has 1 N–H and O–H groups in total. The lowest BCUT2D eigenvalue weighted by molar-refractivity contribution is -0.118. The maximum atomic E-state index is 11.9. The number of carbonyl (C=O) groups excluding carboxylic acids is 1. The largest absolute Gasteiger partial charge is 0.366 e. The molecular formula is C17H26N2OS. The molecule has 0 saturated carbocycles. The van der Waals surface area contributed by atoms with Gasteiger partial charge in [0, 0.05) is 29.6 Å². The summed E-state index contributed by atoms with van der Waals surface area (Å²) in [5, 5.41) is 3.06. The minimum Gasteiger partial charge on any atom is -0.366 e. The highest BCUT2D eigenvalue weighted by Gasteiger charge is 2.23. The molecule has 1 unspecified atom stereocenters. The van der Waals surface area contributed by atoms with Crippen molar-refractivity contribution < 1.29 is 4.79 Å². The van der Waals surface area contributed by atoms with Crippen molar-refractivity contribution in [1.82, 2.24) is 5.32 Å². The van der Waals surface area contributed by atoms with Crippen molar-refractivity contribution in [1.29, 1.82) is 0 Å². The van der Waals surface area contributed by atoms with E-state index in [1.54, 1.807) is 11.8 Å². The molecule has 1 aliphatic rings. The van der Waals surface area contributed by atoms with Gasteiger partial charge in [0.25, 0.3) is 0 Å². The Labute approximate surface area is 132 Å². The van der Waals surface area contributed by atoms with Crippen LogP contribution in [0.1, 0.15) is 33.3 Å². The summed E-state index contributed by atoms with van der Waals surface area (Å²) in [7, 11) is 0. The first-order chi connectivity index (χ1) is 9.87. The van der Waals surface area contributed by atoms with Gasteiger partial charge in [0.05, 0.1) is 5.75 Å². The number of hydrogen-bond donors (Lipinski definition) is 1. The standard InChI is InChI=1S/C17H26N2OS/c1-13(11-18-16(20)12-21-17(2,3)4)19-10-9-14-7-5-6-8-15(14)19/h5-8,13H,9-12H2,1-4H3,(H,18,20). The predicted octanol–water partition coefficient (Wildman–Crippen LogP) is 3.09. The fourth-order valence-corrected chi connectivity index (χ4v) is 3.19. The predicted molar refractivity (Wildman–Crippen MR) is 92.2 cm³/mol. The van der Waals surface area contributed by atoms with Crippen LogP contribution < -0.4 is 10.2 Å². The van der Waals surface area contributed by atoms with Crippen LogP contribution in [0, 0.1) is 0 Å². The van der Waals surface area contributed by atoms with Crippen molar-refractivity contribution in [3.05, 3.63) is 29.8 Å². The van der Waals surface area contributed by atoms with E-state index in [4.69, 9.17) is 0 Å². The summed E-state index contributed by atoms with van der Waals surface area (Å²) in [6.07, 6.45) is 1.11. The highest BCUT2D eigenvalue weighted by molar-refractivity contribution is 8.01. The summed E-state index contributed by atoms with van der Waals surface area (Å²) >= 11 is 1.69. The third-order valence-electron chi connectivity index (χ3n) is 3.69. The zero-order valence-electron chi connectivity index (χ0n) is 13.5. The summed E-state index contributed by atoms with van der Waals surface area (Å²) in [6.45, 7) is 10.3. The molecule has 0 bridgehead atoms. The average molecular weight is 306 g/mol. The van der Waals surface area contributed by atoms with Crippen molar-refractivity contribution in [2.45, 2.75) is 44.9 Å². The first-order valence-corrected chi connectivity index (χ1v) is 8.60. The molecule has 1 aromatic rings. The van der Waals surface area contributed by atoms with Gasteiger partial charge in [0.15, 0.2) is 0 Å². The Morgan fingerprint density at radius 2 is 2.10 bits per heavy atom. The Morgan fingerprint density at radius 3 is 2.81 bits per heavy atom. The normalized spacial score (nSPS) is 15.7. The number of carbonyl (C=O) groups is 1. The van der Waals surface area contributed by atoms with Gasteiger partial charge in [-0.05, 0) is 25.0 Å². The van der Waals surface area contributed by atoms with E-state index < -0.39 is 0 Å². The van der Waals surface area contributed by atoms with E-state index in [2.05, 4.69) is 62.2 Å². The molecule has 1 heterocycles. The minimum atomic E-state index is 0.134. The maximum Gasteiger partial charge on any atom is 0.230 e. The third-order valence-corrected chi connectivity index (χ3v) is 4.96. The lowest BCUT2D eigenvalue weighted by Gasteiger charge is -2.27. The van der Waals surface area contributed by atoms with Gasteiger partial charge in [-0.3, -0.25) is 4.79 Å². The molecule has 2 rings (SSSR count). The van der Waals surface area contributed by atoms with Gasteiger partial charge in [0.2, 0.25) is 5.91 Å². The van der Waals surface area contributed by atoms with E-state index in [9.17, 15) is 4.79 Å². The first-order valence-electron chi connectivity index (χ1n) is 7.62. The molecule has 4 heteroatoms. The quantitative estimate of drug-likeness (QED) is 0.907. The number of fused-ring (bicyclic) bond motifs is 1. The van der Waals surface area contributed by atoms with Crippen LogP contribution in [0.25, 0.3) is 0 Å². The smallest absolute Gasteiger partial charge is 0.230 e. The van der Waals surface area contributed by atoms with E-state index in [-0.39, 0.29) is 10.7 Å². The van der Waals surface area contributed by atoms with Crippen molar-refractivity contribution in [3.63, 3.8) is 0 Å². The van der Waals surface area contributed by atoms with E-state index in [1.807, 2.05) is 0 Å². The number of nitrogens with zero attached hydrogens (tertiary/aromatic N) is 1. The molecule has 0 spiro atoms. The lowest BCUT2D eigenvalue weighted by atomic mass is 10.2. The van der Waals surface area contributed by atoms with Gasteiger partial charge in [-0.1, -0.05) is 39.0 Å². The van der Waals surface area contributed by atoms with E-state index in [1.165, 1.54) is 11.3 Å². The van der Waals surface area contributed by atoms with Crippen LogP contribution >= 0.6 is 11.8 Å². The maximum absolute atomic E-state index is 11.9. The number of amides is 1. The lowest BCUT2D eigenvalue weighted by Crippen LogP contribution is -2.42. The molecule has 0 saturated heterocycles. The number of thioether (sulfide) groups is 1. The van der Waals surface area contributed by atoms with Crippen molar-refractivity contribution >= 4 is 23.4 Å². The number of hydrogen-bond acceptors (Lipinski definition) is 3. The average Bonchev–Trinajstić information content (AvgIpc) is 2.85. The van der Waals surface area contributed by atoms with Crippen LogP contribution in [0.3, 0.4) is 0 Å². The van der Waals surface area contributed by atoms with Crippen LogP contribution in [0.4, 0.5) is 5.69 Å². The Kier molecular flexibility index (Phi) is 5.20. The zero-order chi connectivity index (χ0) is 15.5. The summed E-state index contributed by atoms with van der Waals surface area (Å²) in [6, 6.07) is 8.88. The summed E-state index contributed by atoms with van der Waals surface area (Å²) in [4.78, 5) is 14.3. The van der Waals surface area contributed by atoms with Gasteiger partial charge in [-0.15, -0.1) is 11.8 Å². The molecule has 1 aliphatic heterocycles. The highest BCUT2D eigenvalue weighted by atomic mass is 32.2. The van der Waals surface area contributed by atoms with Crippen molar-refractivity contribution in [2.24, 2.45) is 0 Å². The van der Waals surface area contributed by atoms with Crippen LogP contribution in [0.2, 0.25) is 0 Å². The Morgan fingerprint density at radius 1 is 1.38 bits per heavy atom. The van der Waals surface area contributed by atoms with Gasteiger partial charge >= 0.3 is 0 Å². The SMILES string of the molecule is CC(CNC(=O)CSC(C)(C)C)N1CCc2ccccc21. The highest BCUT2D eigenvalue weighted by Crippen LogP contribution is 2.29. The fraction of sp³-hybridized carbons (Fsp3) is 0.588. The van der Waals surface area contributed by atoms with E-state index in [0.29, 0.717) is 18.3 Å². The molecule has 1 amide bonds. The van der Waals surface area contributed by atoms with Crippen molar-refractivity contribution in [3.8, 4) is 0 Å². The van der Waals surface area contributed by atoms with E-state index >= 15 is 0 Å². The zero-order valence-corrected chi connectivity index (χ0v) is 14.3. The molecule has 21 heavy (non-hydrogen) atoms. The molecule has 3 nitrogen and oxygen atoms in total.